The molecular formula is C17H16N2O3S. The molecule has 1 atom stereocenters. The molecule has 118 valence electrons. The Morgan fingerprint density at radius 3 is 2.52 bits per heavy atom. The maximum absolute atomic E-state index is 12.7. The van der Waals surface area contributed by atoms with E-state index in [0.717, 1.165) is 0 Å². The Morgan fingerprint density at radius 1 is 1.00 bits per heavy atom. The lowest BCUT2D eigenvalue weighted by molar-refractivity contribution is 0.259. The molecule has 0 spiro atoms. The highest BCUT2D eigenvalue weighted by molar-refractivity contribution is 7.89. The van der Waals surface area contributed by atoms with Gasteiger partial charge in [0.05, 0.1) is 23.1 Å². The molecule has 6 heteroatoms. The van der Waals surface area contributed by atoms with Crippen LogP contribution in [0.3, 0.4) is 0 Å². The van der Waals surface area contributed by atoms with Gasteiger partial charge in [0.25, 0.3) is 0 Å². The van der Waals surface area contributed by atoms with Gasteiger partial charge in [-0.05, 0) is 29.8 Å². The van der Waals surface area contributed by atoms with Crippen molar-refractivity contribution in [1.82, 2.24) is 9.71 Å². The average molecular weight is 328 g/mol. The first kappa shape index (κ1) is 15.6. The quantitative estimate of drug-likeness (QED) is 0.753. The fourth-order valence-electron chi connectivity index (χ4n) is 2.46. The Kier molecular flexibility index (Phi) is 4.38. The molecule has 0 bridgehead atoms. The van der Waals surface area contributed by atoms with Crippen LogP contribution in [0, 0.1) is 0 Å². The van der Waals surface area contributed by atoms with Crippen molar-refractivity contribution in [2.45, 2.75) is 10.9 Å². The summed E-state index contributed by atoms with van der Waals surface area (Å²) >= 11 is 0. The van der Waals surface area contributed by atoms with Crippen LogP contribution >= 0.6 is 0 Å². The first-order valence-corrected chi connectivity index (χ1v) is 8.62. The molecule has 23 heavy (non-hydrogen) atoms. The Labute approximate surface area is 134 Å². The number of hydrogen-bond donors (Lipinski definition) is 2. The molecule has 0 saturated heterocycles. The molecule has 5 nitrogen and oxygen atoms in total. The van der Waals surface area contributed by atoms with Crippen molar-refractivity contribution < 1.29 is 13.5 Å². The van der Waals surface area contributed by atoms with Gasteiger partial charge in [-0.25, -0.2) is 13.1 Å². The van der Waals surface area contributed by atoms with Gasteiger partial charge in [-0.3, -0.25) is 4.98 Å². The van der Waals surface area contributed by atoms with E-state index in [4.69, 9.17) is 0 Å². The fourth-order valence-corrected chi connectivity index (χ4v) is 3.89. The number of rotatable bonds is 5. The summed E-state index contributed by atoms with van der Waals surface area (Å²) in [7, 11) is -3.80. The van der Waals surface area contributed by atoms with E-state index < -0.39 is 16.1 Å². The average Bonchev–Trinajstić information content (AvgIpc) is 2.60. The van der Waals surface area contributed by atoms with Gasteiger partial charge in [-0.1, -0.05) is 36.4 Å². The Balaban J connectivity index is 2.01. The first-order chi connectivity index (χ1) is 11.1. The van der Waals surface area contributed by atoms with Crippen LogP contribution in [0.25, 0.3) is 10.9 Å². The molecule has 3 rings (SSSR count). The van der Waals surface area contributed by atoms with Crippen molar-refractivity contribution in [2.24, 2.45) is 0 Å². The Morgan fingerprint density at radius 2 is 1.78 bits per heavy atom. The smallest absolute Gasteiger partial charge is 0.241 e. The summed E-state index contributed by atoms with van der Waals surface area (Å²) in [6.07, 6.45) is 1.62. The van der Waals surface area contributed by atoms with E-state index in [1.165, 1.54) is 6.07 Å². The normalized spacial score (nSPS) is 13.1. The Hall–Kier alpha value is -2.28. The second kappa shape index (κ2) is 6.45. The third-order valence-corrected chi connectivity index (χ3v) is 5.11. The molecule has 1 unspecified atom stereocenters. The first-order valence-electron chi connectivity index (χ1n) is 7.14. The molecule has 2 aromatic carbocycles. The van der Waals surface area contributed by atoms with Gasteiger partial charge < -0.3 is 5.11 Å². The van der Waals surface area contributed by atoms with Crippen LogP contribution in [0.5, 0.6) is 0 Å². The van der Waals surface area contributed by atoms with Crippen molar-refractivity contribution in [3.05, 3.63) is 72.4 Å². The second-order valence-electron chi connectivity index (χ2n) is 5.09. The van der Waals surface area contributed by atoms with E-state index in [-0.39, 0.29) is 11.5 Å². The molecule has 3 aromatic rings. The standard InChI is InChI=1S/C17H16N2O3S/c20-12-16(13-6-2-1-3-7-13)19-23(21,22)17-10-4-9-15-14(17)8-5-11-18-15/h1-11,16,19-20H,12H2. The summed E-state index contributed by atoms with van der Waals surface area (Å²) in [5.74, 6) is 0. The highest BCUT2D eigenvalue weighted by atomic mass is 32.2. The third kappa shape index (κ3) is 3.24. The van der Waals surface area contributed by atoms with Crippen LogP contribution in [0.1, 0.15) is 11.6 Å². The van der Waals surface area contributed by atoms with Gasteiger partial charge in [-0.2, -0.15) is 0 Å². The van der Waals surface area contributed by atoms with Crippen molar-refractivity contribution >= 4 is 20.9 Å². The van der Waals surface area contributed by atoms with E-state index in [1.54, 1.807) is 54.7 Å². The highest BCUT2D eigenvalue weighted by Gasteiger charge is 2.22. The van der Waals surface area contributed by atoms with Crippen LogP contribution < -0.4 is 4.72 Å². The zero-order valence-electron chi connectivity index (χ0n) is 12.3. The lowest BCUT2D eigenvalue weighted by Gasteiger charge is -2.17. The highest BCUT2D eigenvalue weighted by Crippen LogP contribution is 2.23. The minimum absolute atomic E-state index is 0.150. The van der Waals surface area contributed by atoms with Gasteiger partial charge in [0.2, 0.25) is 10.0 Å². The van der Waals surface area contributed by atoms with Crippen LogP contribution in [0.4, 0.5) is 0 Å². The third-order valence-electron chi connectivity index (χ3n) is 3.58. The summed E-state index contributed by atoms with van der Waals surface area (Å²) in [5.41, 5.74) is 1.31. The predicted octanol–water partition coefficient (Wildman–Crippen LogP) is 2.25. The molecule has 0 radical (unpaired) electrons. The molecule has 0 aliphatic rings. The molecule has 1 aromatic heterocycles. The second-order valence-corrected chi connectivity index (χ2v) is 6.78. The summed E-state index contributed by atoms with van der Waals surface area (Å²) < 4.78 is 28.0. The number of hydrogen-bond acceptors (Lipinski definition) is 4. The van der Waals surface area contributed by atoms with Crippen LogP contribution in [0.2, 0.25) is 0 Å². The fraction of sp³-hybridized carbons (Fsp3) is 0.118. The van der Waals surface area contributed by atoms with E-state index in [1.807, 2.05) is 6.07 Å². The van der Waals surface area contributed by atoms with E-state index >= 15 is 0 Å². The molecule has 0 aliphatic carbocycles. The van der Waals surface area contributed by atoms with Crippen molar-refractivity contribution in [3.8, 4) is 0 Å². The summed E-state index contributed by atoms with van der Waals surface area (Å²) in [4.78, 5) is 4.32. The molecule has 0 fully saturated rings. The van der Waals surface area contributed by atoms with Gasteiger partial charge in [0.1, 0.15) is 0 Å². The number of nitrogens with zero attached hydrogens (tertiary/aromatic N) is 1. The summed E-state index contributed by atoms with van der Waals surface area (Å²) in [6.45, 7) is -0.327. The number of aromatic nitrogens is 1. The number of nitrogens with one attached hydrogen (secondary N) is 1. The van der Waals surface area contributed by atoms with Gasteiger partial charge in [0.15, 0.2) is 0 Å². The molecule has 2 N–H and O–H groups in total. The largest absolute Gasteiger partial charge is 0.394 e. The maximum atomic E-state index is 12.7. The molecule has 0 amide bonds. The van der Waals surface area contributed by atoms with Crippen LogP contribution in [-0.4, -0.2) is 25.1 Å². The number of benzene rings is 2. The number of aliphatic hydroxyl groups is 1. The monoisotopic (exact) mass is 328 g/mol. The van der Waals surface area contributed by atoms with Crippen LogP contribution in [0.15, 0.2) is 71.8 Å². The van der Waals surface area contributed by atoms with E-state index in [9.17, 15) is 13.5 Å². The van der Waals surface area contributed by atoms with Crippen molar-refractivity contribution in [2.75, 3.05) is 6.61 Å². The minimum atomic E-state index is -3.80. The number of pyridine rings is 1. The number of aliphatic hydroxyl groups excluding tert-OH is 1. The minimum Gasteiger partial charge on any atom is -0.394 e. The zero-order valence-corrected chi connectivity index (χ0v) is 13.1. The van der Waals surface area contributed by atoms with Gasteiger partial charge in [0, 0.05) is 11.6 Å². The Bertz CT molecular complexity index is 906. The lowest BCUT2D eigenvalue weighted by atomic mass is 10.1. The topological polar surface area (TPSA) is 79.3 Å². The molecule has 0 aliphatic heterocycles. The van der Waals surface area contributed by atoms with Crippen LogP contribution in [-0.2, 0) is 10.0 Å². The molecule has 1 heterocycles. The molecule has 0 saturated carbocycles. The molecular weight excluding hydrogens is 312 g/mol. The van der Waals surface area contributed by atoms with Gasteiger partial charge >= 0.3 is 0 Å². The maximum Gasteiger partial charge on any atom is 0.241 e. The van der Waals surface area contributed by atoms with E-state index in [2.05, 4.69) is 9.71 Å². The van der Waals surface area contributed by atoms with E-state index in [0.29, 0.717) is 16.5 Å². The van der Waals surface area contributed by atoms with Crippen molar-refractivity contribution in [1.29, 1.82) is 0 Å². The summed E-state index contributed by atoms with van der Waals surface area (Å²) in [6, 6.07) is 16.6. The summed E-state index contributed by atoms with van der Waals surface area (Å²) in [5, 5.41) is 10.1. The predicted molar refractivity (Wildman–Crippen MR) is 88.3 cm³/mol. The van der Waals surface area contributed by atoms with Gasteiger partial charge in [-0.15, -0.1) is 0 Å². The van der Waals surface area contributed by atoms with Crippen molar-refractivity contribution in [3.63, 3.8) is 0 Å². The lowest BCUT2D eigenvalue weighted by Crippen LogP contribution is -2.31. The number of fused-ring (bicyclic) bond motifs is 1. The zero-order chi connectivity index (χ0) is 16.3. The number of sulfonamides is 1. The SMILES string of the molecule is O=S(=O)(NC(CO)c1ccccc1)c1cccc2ncccc12.